The Morgan fingerprint density at radius 2 is 1.81 bits per heavy atom. The standard InChI is InChI=1S/C19H30N4O3S/c20-19(22-18-8-2-1-3-9-18)21-14-16-6-4-5-7-17(16)15-27(24,25)23-10-12-26-13-11-23/h4-7,18H,1-3,8-15H2,(H3,20,21,22). The molecule has 1 aromatic carbocycles. The maximum Gasteiger partial charge on any atom is 0.218 e. The van der Waals surface area contributed by atoms with Crippen molar-refractivity contribution in [1.29, 1.82) is 0 Å². The highest BCUT2D eigenvalue weighted by molar-refractivity contribution is 7.88. The average molecular weight is 395 g/mol. The molecule has 27 heavy (non-hydrogen) atoms. The summed E-state index contributed by atoms with van der Waals surface area (Å²) in [6.07, 6.45) is 6.01. The summed E-state index contributed by atoms with van der Waals surface area (Å²) in [6, 6.07) is 7.94. The van der Waals surface area contributed by atoms with Crippen LogP contribution in [0.15, 0.2) is 29.3 Å². The maximum absolute atomic E-state index is 12.7. The number of benzene rings is 1. The van der Waals surface area contributed by atoms with E-state index in [0.29, 0.717) is 44.8 Å². The Hall–Kier alpha value is -1.64. The molecule has 2 fully saturated rings. The van der Waals surface area contributed by atoms with Crippen LogP contribution in [0.3, 0.4) is 0 Å². The average Bonchev–Trinajstić information content (AvgIpc) is 2.68. The highest BCUT2D eigenvalue weighted by Gasteiger charge is 2.25. The van der Waals surface area contributed by atoms with Crippen molar-refractivity contribution in [1.82, 2.24) is 9.62 Å². The quantitative estimate of drug-likeness (QED) is 0.564. The Morgan fingerprint density at radius 3 is 2.52 bits per heavy atom. The third-order valence-electron chi connectivity index (χ3n) is 5.20. The van der Waals surface area contributed by atoms with Gasteiger partial charge in [0.05, 0.1) is 25.5 Å². The van der Waals surface area contributed by atoms with Crippen molar-refractivity contribution in [2.45, 2.75) is 50.4 Å². The Labute approximate surface area is 162 Å². The Bertz CT molecular complexity index is 739. The van der Waals surface area contributed by atoms with Gasteiger partial charge in [0.1, 0.15) is 0 Å². The van der Waals surface area contributed by atoms with Crippen LogP contribution in [-0.2, 0) is 27.1 Å². The van der Waals surface area contributed by atoms with Crippen LogP contribution < -0.4 is 11.1 Å². The molecule has 2 aliphatic rings. The van der Waals surface area contributed by atoms with Gasteiger partial charge in [-0.3, -0.25) is 0 Å². The SMILES string of the molecule is NC(=NCc1ccccc1CS(=O)(=O)N1CCOCC1)NC1CCCCC1. The summed E-state index contributed by atoms with van der Waals surface area (Å²) in [6.45, 7) is 2.12. The first kappa shape index (κ1) is 20.1. The fourth-order valence-electron chi connectivity index (χ4n) is 3.64. The highest BCUT2D eigenvalue weighted by atomic mass is 32.2. The topological polar surface area (TPSA) is 97.0 Å². The molecule has 0 aromatic heterocycles. The van der Waals surface area contributed by atoms with Crippen molar-refractivity contribution in [3.8, 4) is 0 Å². The van der Waals surface area contributed by atoms with Crippen LogP contribution in [0, 0.1) is 0 Å². The molecule has 150 valence electrons. The van der Waals surface area contributed by atoms with Crippen LogP contribution in [-0.4, -0.2) is 51.0 Å². The summed E-state index contributed by atoms with van der Waals surface area (Å²) in [5.41, 5.74) is 7.71. The van der Waals surface area contributed by atoms with E-state index in [-0.39, 0.29) is 5.75 Å². The van der Waals surface area contributed by atoms with E-state index >= 15 is 0 Å². The van der Waals surface area contributed by atoms with Gasteiger partial charge < -0.3 is 15.8 Å². The van der Waals surface area contributed by atoms with E-state index in [1.165, 1.54) is 23.6 Å². The molecule has 0 spiro atoms. The monoisotopic (exact) mass is 394 g/mol. The molecule has 3 rings (SSSR count). The third kappa shape index (κ3) is 5.92. The van der Waals surface area contributed by atoms with Crippen LogP contribution in [0.4, 0.5) is 0 Å². The van der Waals surface area contributed by atoms with Gasteiger partial charge in [-0.05, 0) is 24.0 Å². The molecule has 0 bridgehead atoms. The molecule has 1 heterocycles. The predicted octanol–water partition coefficient (Wildman–Crippen LogP) is 1.59. The number of ether oxygens (including phenoxy) is 1. The first-order chi connectivity index (χ1) is 13.0. The summed E-state index contributed by atoms with van der Waals surface area (Å²) in [5.74, 6) is 0.419. The molecular weight excluding hydrogens is 364 g/mol. The molecule has 1 saturated heterocycles. The van der Waals surface area contributed by atoms with Crippen molar-refractivity contribution >= 4 is 16.0 Å². The van der Waals surface area contributed by atoms with Crippen LogP contribution in [0.5, 0.6) is 0 Å². The molecule has 7 nitrogen and oxygen atoms in total. The van der Waals surface area contributed by atoms with Gasteiger partial charge in [-0.15, -0.1) is 0 Å². The molecule has 1 aromatic rings. The zero-order valence-electron chi connectivity index (χ0n) is 15.8. The minimum atomic E-state index is -3.36. The van der Waals surface area contributed by atoms with Crippen molar-refractivity contribution in [2.75, 3.05) is 26.3 Å². The Balaban J connectivity index is 1.63. The molecule has 0 amide bonds. The molecule has 3 N–H and O–H groups in total. The van der Waals surface area contributed by atoms with Crippen LogP contribution in [0.1, 0.15) is 43.2 Å². The van der Waals surface area contributed by atoms with Gasteiger partial charge in [-0.1, -0.05) is 43.5 Å². The number of rotatable bonds is 6. The van der Waals surface area contributed by atoms with Crippen molar-refractivity contribution < 1.29 is 13.2 Å². The Kier molecular flexibility index (Phi) is 7.09. The summed E-state index contributed by atoms with van der Waals surface area (Å²) < 4.78 is 32.2. The molecule has 1 aliphatic carbocycles. The second kappa shape index (κ2) is 9.52. The van der Waals surface area contributed by atoms with E-state index < -0.39 is 10.0 Å². The first-order valence-electron chi connectivity index (χ1n) is 9.73. The summed E-state index contributed by atoms with van der Waals surface area (Å²) in [7, 11) is -3.36. The van der Waals surface area contributed by atoms with E-state index in [4.69, 9.17) is 10.5 Å². The zero-order valence-corrected chi connectivity index (χ0v) is 16.6. The fraction of sp³-hybridized carbons (Fsp3) is 0.632. The van der Waals surface area contributed by atoms with Gasteiger partial charge >= 0.3 is 0 Å². The zero-order chi connectivity index (χ0) is 19.1. The minimum absolute atomic E-state index is 0.0192. The number of nitrogens with zero attached hydrogens (tertiary/aromatic N) is 2. The fourth-order valence-corrected chi connectivity index (χ4v) is 5.20. The second-order valence-corrected chi connectivity index (χ2v) is 9.19. The van der Waals surface area contributed by atoms with E-state index in [2.05, 4.69) is 10.3 Å². The molecule has 0 radical (unpaired) electrons. The van der Waals surface area contributed by atoms with Crippen molar-refractivity contribution in [3.63, 3.8) is 0 Å². The lowest BCUT2D eigenvalue weighted by Gasteiger charge is -2.26. The molecule has 1 aliphatic heterocycles. The molecule has 1 saturated carbocycles. The van der Waals surface area contributed by atoms with Crippen LogP contribution in [0.25, 0.3) is 0 Å². The largest absolute Gasteiger partial charge is 0.379 e. The number of guanidine groups is 1. The van der Waals surface area contributed by atoms with Crippen LogP contribution >= 0.6 is 0 Å². The van der Waals surface area contributed by atoms with Gasteiger partial charge in [-0.25, -0.2) is 13.4 Å². The lowest BCUT2D eigenvalue weighted by atomic mass is 9.96. The van der Waals surface area contributed by atoms with Crippen LogP contribution in [0.2, 0.25) is 0 Å². The normalized spacial score (nSPS) is 20.5. The van der Waals surface area contributed by atoms with E-state index in [9.17, 15) is 8.42 Å². The number of hydrogen-bond acceptors (Lipinski definition) is 4. The molecule has 8 heteroatoms. The summed E-state index contributed by atoms with van der Waals surface area (Å²) >= 11 is 0. The first-order valence-corrected chi connectivity index (χ1v) is 11.3. The number of nitrogens with two attached hydrogens (primary N) is 1. The number of hydrogen-bond donors (Lipinski definition) is 2. The van der Waals surface area contributed by atoms with Crippen molar-refractivity contribution in [3.05, 3.63) is 35.4 Å². The molecular formula is C19H30N4O3S. The number of sulfonamides is 1. The van der Waals surface area contributed by atoms with Gasteiger partial charge in [0.2, 0.25) is 10.0 Å². The van der Waals surface area contributed by atoms with Gasteiger partial charge in [-0.2, -0.15) is 4.31 Å². The maximum atomic E-state index is 12.7. The van der Waals surface area contributed by atoms with E-state index in [1.807, 2.05) is 24.3 Å². The van der Waals surface area contributed by atoms with E-state index in [0.717, 1.165) is 24.0 Å². The van der Waals surface area contributed by atoms with Gasteiger partial charge in [0.25, 0.3) is 0 Å². The lowest BCUT2D eigenvalue weighted by molar-refractivity contribution is 0.0729. The minimum Gasteiger partial charge on any atom is -0.379 e. The van der Waals surface area contributed by atoms with Gasteiger partial charge in [0, 0.05) is 19.1 Å². The van der Waals surface area contributed by atoms with E-state index in [1.54, 1.807) is 0 Å². The third-order valence-corrected chi connectivity index (χ3v) is 7.02. The summed E-state index contributed by atoms with van der Waals surface area (Å²) in [5, 5.41) is 3.30. The Morgan fingerprint density at radius 1 is 1.15 bits per heavy atom. The lowest BCUT2D eigenvalue weighted by Crippen LogP contribution is -2.41. The molecule has 0 unspecified atom stereocenters. The number of morpholine rings is 1. The number of aliphatic imine (C=N–C) groups is 1. The van der Waals surface area contributed by atoms with Gasteiger partial charge in [0.15, 0.2) is 5.96 Å². The smallest absolute Gasteiger partial charge is 0.218 e. The number of nitrogens with one attached hydrogen (secondary N) is 1. The highest BCUT2D eigenvalue weighted by Crippen LogP contribution is 2.18. The molecule has 0 atom stereocenters. The van der Waals surface area contributed by atoms with Crippen molar-refractivity contribution in [2.24, 2.45) is 10.7 Å². The predicted molar refractivity (Wildman–Crippen MR) is 107 cm³/mol. The summed E-state index contributed by atoms with van der Waals surface area (Å²) in [4.78, 5) is 4.45. The second-order valence-electron chi connectivity index (χ2n) is 7.22.